The van der Waals surface area contributed by atoms with Gasteiger partial charge in [-0.05, 0) is 30.7 Å². The Kier molecular flexibility index (Phi) is 4.88. The van der Waals surface area contributed by atoms with E-state index >= 15 is 0 Å². The molecule has 0 saturated heterocycles. The highest BCUT2D eigenvalue weighted by atomic mass is 16.5. The van der Waals surface area contributed by atoms with Crippen molar-refractivity contribution in [2.24, 2.45) is 4.99 Å². The van der Waals surface area contributed by atoms with Crippen molar-refractivity contribution in [2.75, 3.05) is 25.0 Å². The van der Waals surface area contributed by atoms with Gasteiger partial charge in [0, 0.05) is 24.3 Å². The largest absolute Gasteiger partial charge is 0.484 e. The molecule has 5 heteroatoms. The number of carbonyl (C=O) groups excluding carboxylic acids is 1. The van der Waals surface area contributed by atoms with Crippen LogP contribution >= 0.6 is 0 Å². The van der Waals surface area contributed by atoms with Gasteiger partial charge in [-0.3, -0.25) is 9.79 Å². The molecule has 2 N–H and O–H groups in total. The highest BCUT2D eigenvalue weighted by Gasteiger charge is 2.09. The molecule has 0 aliphatic carbocycles. The van der Waals surface area contributed by atoms with Crippen LogP contribution in [0.15, 0.2) is 59.6 Å². The molecule has 0 radical (unpaired) electrons. The molecule has 1 aliphatic heterocycles. The number of nitrogens with zero attached hydrogens (tertiary/aromatic N) is 1. The summed E-state index contributed by atoms with van der Waals surface area (Å²) in [4.78, 5) is 16.5. The molecule has 0 unspecified atom stereocenters. The van der Waals surface area contributed by atoms with Gasteiger partial charge < -0.3 is 15.4 Å². The summed E-state index contributed by atoms with van der Waals surface area (Å²) in [5.74, 6) is 1.37. The van der Waals surface area contributed by atoms with Crippen LogP contribution in [0.25, 0.3) is 0 Å². The Hall–Kier alpha value is -2.82. The average molecular weight is 309 g/mol. The maximum absolute atomic E-state index is 12.0. The topological polar surface area (TPSA) is 62.7 Å². The third-order valence-electron chi connectivity index (χ3n) is 3.43. The van der Waals surface area contributed by atoms with Gasteiger partial charge in [-0.1, -0.05) is 30.3 Å². The number of amidine groups is 1. The highest BCUT2D eigenvalue weighted by molar-refractivity contribution is 6.01. The van der Waals surface area contributed by atoms with E-state index in [2.05, 4.69) is 15.6 Å². The van der Waals surface area contributed by atoms with Gasteiger partial charge in [0.15, 0.2) is 6.61 Å². The molecule has 0 spiro atoms. The maximum atomic E-state index is 12.0. The van der Waals surface area contributed by atoms with Crippen LogP contribution in [-0.4, -0.2) is 31.4 Å². The highest BCUT2D eigenvalue weighted by Crippen LogP contribution is 2.13. The van der Waals surface area contributed by atoms with Crippen LogP contribution in [-0.2, 0) is 4.79 Å². The summed E-state index contributed by atoms with van der Waals surface area (Å²) in [6, 6.07) is 16.9. The summed E-state index contributed by atoms with van der Waals surface area (Å²) in [7, 11) is 0. The number of para-hydroxylation sites is 1. The smallest absolute Gasteiger partial charge is 0.262 e. The predicted molar refractivity (Wildman–Crippen MR) is 91.0 cm³/mol. The summed E-state index contributed by atoms with van der Waals surface area (Å²) in [6.45, 7) is 1.75. The van der Waals surface area contributed by atoms with E-state index in [1.54, 1.807) is 0 Å². The average Bonchev–Trinajstić information content (AvgIpc) is 2.62. The van der Waals surface area contributed by atoms with Crippen molar-refractivity contribution >= 4 is 17.4 Å². The monoisotopic (exact) mass is 309 g/mol. The van der Waals surface area contributed by atoms with Crippen molar-refractivity contribution in [2.45, 2.75) is 6.42 Å². The quantitative estimate of drug-likeness (QED) is 0.892. The lowest BCUT2D eigenvalue weighted by atomic mass is 10.1. The Morgan fingerprint density at radius 3 is 2.83 bits per heavy atom. The first-order valence-corrected chi connectivity index (χ1v) is 7.68. The molecule has 3 rings (SSSR count). The van der Waals surface area contributed by atoms with Crippen LogP contribution in [0.5, 0.6) is 5.75 Å². The first-order chi connectivity index (χ1) is 11.3. The number of hydrogen-bond acceptors (Lipinski definition) is 4. The molecule has 0 saturated carbocycles. The first-order valence-electron chi connectivity index (χ1n) is 7.68. The van der Waals surface area contributed by atoms with Gasteiger partial charge in [0.05, 0.1) is 0 Å². The SMILES string of the molecule is O=C(COc1ccccc1)Nc1cccc(C2=NCCCN2)c1. The second-order valence-corrected chi connectivity index (χ2v) is 5.24. The van der Waals surface area contributed by atoms with E-state index in [9.17, 15) is 4.79 Å². The van der Waals surface area contributed by atoms with Crippen LogP contribution in [0, 0.1) is 0 Å². The summed E-state index contributed by atoms with van der Waals surface area (Å²) < 4.78 is 5.44. The van der Waals surface area contributed by atoms with Crippen molar-refractivity contribution in [3.05, 3.63) is 60.2 Å². The van der Waals surface area contributed by atoms with Crippen molar-refractivity contribution in [3.63, 3.8) is 0 Å². The second kappa shape index (κ2) is 7.45. The van der Waals surface area contributed by atoms with E-state index in [1.165, 1.54) is 0 Å². The van der Waals surface area contributed by atoms with E-state index < -0.39 is 0 Å². The zero-order valence-electron chi connectivity index (χ0n) is 12.8. The fraction of sp³-hybridized carbons (Fsp3) is 0.222. The van der Waals surface area contributed by atoms with Gasteiger partial charge in [-0.15, -0.1) is 0 Å². The molecule has 1 amide bonds. The standard InChI is InChI=1S/C18H19N3O2/c22-17(13-23-16-8-2-1-3-9-16)21-15-7-4-6-14(12-15)18-19-10-5-11-20-18/h1-4,6-9,12H,5,10-11,13H2,(H,19,20)(H,21,22). The van der Waals surface area contributed by atoms with Gasteiger partial charge in [-0.2, -0.15) is 0 Å². The summed E-state index contributed by atoms with van der Waals surface area (Å²) in [5, 5.41) is 6.12. The van der Waals surface area contributed by atoms with Crippen LogP contribution in [0.4, 0.5) is 5.69 Å². The minimum Gasteiger partial charge on any atom is -0.484 e. The zero-order valence-corrected chi connectivity index (χ0v) is 12.8. The number of aliphatic imine (C=N–C) groups is 1. The molecule has 0 bridgehead atoms. The minimum absolute atomic E-state index is 0.0204. The molecule has 0 atom stereocenters. The third kappa shape index (κ3) is 4.32. The lowest BCUT2D eigenvalue weighted by molar-refractivity contribution is -0.118. The van der Waals surface area contributed by atoms with Gasteiger partial charge in [0.1, 0.15) is 11.6 Å². The van der Waals surface area contributed by atoms with E-state index in [0.29, 0.717) is 5.75 Å². The fourth-order valence-corrected chi connectivity index (χ4v) is 2.33. The predicted octanol–water partition coefficient (Wildman–Crippen LogP) is 2.44. The zero-order chi connectivity index (χ0) is 15.9. The van der Waals surface area contributed by atoms with E-state index in [1.807, 2.05) is 54.6 Å². The summed E-state index contributed by atoms with van der Waals surface area (Å²) in [6.07, 6.45) is 1.05. The normalized spacial score (nSPS) is 13.7. The molecule has 1 aliphatic rings. The molecule has 0 fully saturated rings. The van der Waals surface area contributed by atoms with Gasteiger partial charge in [0.2, 0.25) is 0 Å². The van der Waals surface area contributed by atoms with Crippen molar-refractivity contribution < 1.29 is 9.53 Å². The number of ether oxygens (including phenoxy) is 1. The summed E-state index contributed by atoms with van der Waals surface area (Å²) >= 11 is 0. The van der Waals surface area contributed by atoms with Crippen molar-refractivity contribution in [3.8, 4) is 5.75 Å². The molecule has 0 aromatic heterocycles. The van der Waals surface area contributed by atoms with Gasteiger partial charge in [0.25, 0.3) is 5.91 Å². The van der Waals surface area contributed by atoms with Crippen molar-refractivity contribution in [1.82, 2.24) is 5.32 Å². The number of amides is 1. The summed E-state index contributed by atoms with van der Waals surface area (Å²) in [5.41, 5.74) is 1.71. The van der Waals surface area contributed by atoms with Crippen LogP contribution in [0.2, 0.25) is 0 Å². The number of nitrogens with one attached hydrogen (secondary N) is 2. The van der Waals surface area contributed by atoms with Crippen molar-refractivity contribution in [1.29, 1.82) is 0 Å². The number of hydrogen-bond donors (Lipinski definition) is 2. The second-order valence-electron chi connectivity index (χ2n) is 5.24. The van der Waals surface area contributed by atoms with E-state index in [-0.39, 0.29) is 12.5 Å². The van der Waals surface area contributed by atoms with E-state index in [0.717, 1.165) is 36.6 Å². The van der Waals surface area contributed by atoms with Crippen LogP contribution < -0.4 is 15.4 Å². The minimum atomic E-state index is -0.190. The number of rotatable bonds is 5. The molecule has 1 heterocycles. The molecular formula is C18H19N3O2. The third-order valence-corrected chi connectivity index (χ3v) is 3.43. The number of carbonyl (C=O) groups is 1. The lowest BCUT2D eigenvalue weighted by Crippen LogP contribution is -2.30. The number of anilines is 1. The first kappa shape index (κ1) is 15.1. The molecule has 2 aromatic rings. The fourth-order valence-electron chi connectivity index (χ4n) is 2.33. The molecule has 5 nitrogen and oxygen atoms in total. The Balaban J connectivity index is 1.59. The molecule has 23 heavy (non-hydrogen) atoms. The Morgan fingerprint density at radius 2 is 2.04 bits per heavy atom. The van der Waals surface area contributed by atoms with Crippen LogP contribution in [0.1, 0.15) is 12.0 Å². The lowest BCUT2D eigenvalue weighted by Gasteiger charge is -2.15. The molecule has 118 valence electrons. The van der Waals surface area contributed by atoms with Gasteiger partial charge in [-0.25, -0.2) is 0 Å². The van der Waals surface area contributed by atoms with Gasteiger partial charge >= 0.3 is 0 Å². The van der Waals surface area contributed by atoms with Crippen LogP contribution in [0.3, 0.4) is 0 Å². The maximum Gasteiger partial charge on any atom is 0.262 e. The number of benzene rings is 2. The molecular weight excluding hydrogens is 290 g/mol. The Morgan fingerprint density at radius 1 is 1.17 bits per heavy atom. The Labute approximate surface area is 135 Å². The van der Waals surface area contributed by atoms with E-state index in [4.69, 9.17) is 4.74 Å². The Bertz CT molecular complexity index is 698. The molecule has 2 aromatic carbocycles.